The van der Waals surface area contributed by atoms with Crippen LogP contribution < -0.4 is 24.6 Å². The van der Waals surface area contributed by atoms with Crippen molar-refractivity contribution in [2.24, 2.45) is 0 Å². The molecule has 7 nitrogen and oxygen atoms in total. The van der Waals surface area contributed by atoms with Gasteiger partial charge in [-0.25, -0.2) is 0 Å². The van der Waals surface area contributed by atoms with E-state index in [-0.39, 0.29) is 29.4 Å². The minimum atomic E-state index is -1.45. The predicted octanol–water partition coefficient (Wildman–Crippen LogP) is 1.39. The Kier molecular flexibility index (Phi) is 5.84. The number of rotatable bonds is 7. The van der Waals surface area contributed by atoms with Gasteiger partial charge in [0, 0.05) is 11.6 Å². The Morgan fingerprint density at radius 2 is 1.76 bits per heavy atom. The summed E-state index contributed by atoms with van der Waals surface area (Å²) in [5.41, 5.74) is 0.814. The van der Waals surface area contributed by atoms with E-state index in [1.807, 2.05) is 19.1 Å². The standard InChI is InChI=1S/C18H19NO6/c1-11-5-4-6-12(7-11)25-10-17(20)19-14-9-16(24-3)15(23-2)8-13(14)18(21)22/h4-9H,10H2,1-3H3,(H,19,20)(H,21,22)/p-1. The third-order valence-electron chi connectivity index (χ3n) is 3.38. The van der Waals surface area contributed by atoms with Crippen LogP contribution in [0.1, 0.15) is 15.9 Å². The second kappa shape index (κ2) is 8.05. The Hall–Kier alpha value is -3.22. The molecule has 0 aliphatic rings. The number of carbonyl (C=O) groups excluding carboxylic acids is 2. The van der Waals surface area contributed by atoms with Crippen LogP contribution in [0.25, 0.3) is 0 Å². The largest absolute Gasteiger partial charge is 0.545 e. The third kappa shape index (κ3) is 4.63. The highest BCUT2D eigenvalue weighted by Gasteiger charge is 2.14. The van der Waals surface area contributed by atoms with Crippen molar-refractivity contribution in [3.05, 3.63) is 47.5 Å². The second-order valence-corrected chi connectivity index (χ2v) is 5.19. The molecule has 0 aromatic heterocycles. The molecule has 1 N–H and O–H groups in total. The predicted molar refractivity (Wildman–Crippen MR) is 89.2 cm³/mol. The lowest BCUT2D eigenvalue weighted by atomic mass is 10.1. The summed E-state index contributed by atoms with van der Waals surface area (Å²) in [6.07, 6.45) is 0. The summed E-state index contributed by atoms with van der Waals surface area (Å²) in [5.74, 6) is -0.923. The van der Waals surface area contributed by atoms with Crippen molar-refractivity contribution in [2.45, 2.75) is 6.92 Å². The van der Waals surface area contributed by atoms with Gasteiger partial charge in [-0.2, -0.15) is 0 Å². The summed E-state index contributed by atoms with van der Waals surface area (Å²) in [4.78, 5) is 23.4. The maximum absolute atomic E-state index is 12.1. The molecule has 25 heavy (non-hydrogen) atoms. The van der Waals surface area contributed by atoms with Crippen LogP contribution in [0.4, 0.5) is 5.69 Å². The molecule has 1 amide bonds. The van der Waals surface area contributed by atoms with E-state index >= 15 is 0 Å². The first-order chi connectivity index (χ1) is 11.9. The quantitative estimate of drug-likeness (QED) is 0.815. The summed E-state index contributed by atoms with van der Waals surface area (Å²) in [6.45, 7) is 1.63. The normalized spacial score (nSPS) is 10.0. The molecular weight excluding hydrogens is 326 g/mol. The zero-order valence-electron chi connectivity index (χ0n) is 14.1. The Balaban J connectivity index is 2.14. The zero-order valence-corrected chi connectivity index (χ0v) is 14.1. The second-order valence-electron chi connectivity index (χ2n) is 5.19. The van der Waals surface area contributed by atoms with Crippen LogP contribution in [0.5, 0.6) is 17.2 Å². The van der Waals surface area contributed by atoms with Crippen LogP contribution in [0, 0.1) is 6.92 Å². The van der Waals surface area contributed by atoms with Gasteiger partial charge in [0.05, 0.1) is 25.9 Å². The summed E-state index contributed by atoms with van der Waals surface area (Å²) in [6, 6.07) is 9.81. The monoisotopic (exact) mass is 344 g/mol. The Morgan fingerprint density at radius 1 is 1.08 bits per heavy atom. The number of carbonyl (C=O) groups is 2. The van der Waals surface area contributed by atoms with Crippen molar-refractivity contribution in [2.75, 3.05) is 26.1 Å². The van der Waals surface area contributed by atoms with Gasteiger partial charge in [-0.3, -0.25) is 4.79 Å². The molecule has 2 aromatic rings. The number of hydrogen-bond acceptors (Lipinski definition) is 6. The highest BCUT2D eigenvalue weighted by Crippen LogP contribution is 2.33. The molecule has 0 unspecified atom stereocenters. The number of carboxylic acid groups (broad SMARTS) is 1. The van der Waals surface area contributed by atoms with Gasteiger partial charge < -0.3 is 29.4 Å². The Labute approximate surface area is 145 Å². The highest BCUT2D eigenvalue weighted by atomic mass is 16.5. The fourth-order valence-corrected chi connectivity index (χ4v) is 2.19. The van der Waals surface area contributed by atoms with Crippen LogP contribution in [-0.4, -0.2) is 32.7 Å². The highest BCUT2D eigenvalue weighted by molar-refractivity contribution is 6.01. The lowest BCUT2D eigenvalue weighted by Crippen LogP contribution is -2.26. The Morgan fingerprint density at radius 3 is 2.36 bits per heavy atom. The van der Waals surface area contributed by atoms with Gasteiger partial charge in [0.1, 0.15) is 5.75 Å². The van der Waals surface area contributed by atoms with Crippen molar-refractivity contribution >= 4 is 17.6 Å². The zero-order chi connectivity index (χ0) is 18.4. The number of carboxylic acids is 1. The number of hydrogen-bond donors (Lipinski definition) is 1. The number of aryl methyl sites for hydroxylation is 1. The molecule has 0 atom stereocenters. The maximum Gasteiger partial charge on any atom is 0.262 e. The molecular formula is C18H18NO6-. The van der Waals surface area contributed by atoms with E-state index < -0.39 is 11.9 Å². The van der Waals surface area contributed by atoms with Crippen molar-refractivity contribution in [1.82, 2.24) is 0 Å². The van der Waals surface area contributed by atoms with E-state index in [2.05, 4.69) is 5.32 Å². The lowest BCUT2D eigenvalue weighted by molar-refractivity contribution is -0.254. The van der Waals surface area contributed by atoms with Gasteiger partial charge in [-0.05, 0) is 30.7 Å². The van der Waals surface area contributed by atoms with Gasteiger partial charge in [0.2, 0.25) is 0 Å². The fraction of sp³-hybridized carbons (Fsp3) is 0.222. The average molecular weight is 344 g/mol. The van der Waals surface area contributed by atoms with Crippen LogP contribution >= 0.6 is 0 Å². The first-order valence-electron chi connectivity index (χ1n) is 7.41. The molecule has 0 saturated heterocycles. The van der Waals surface area contributed by atoms with Crippen LogP contribution in [0.3, 0.4) is 0 Å². The van der Waals surface area contributed by atoms with E-state index in [0.29, 0.717) is 5.75 Å². The van der Waals surface area contributed by atoms with E-state index in [0.717, 1.165) is 5.56 Å². The molecule has 0 aliphatic heterocycles. The molecule has 2 aromatic carbocycles. The van der Waals surface area contributed by atoms with Gasteiger partial charge in [-0.1, -0.05) is 12.1 Å². The SMILES string of the molecule is COc1cc(NC(=O)COc2cccc(C)c2)c(C(=O)[O-])cc1OC. The van der Waals surface area contributed by atoms with Gasteiger partial charge in [0.15, 0.2) is 18.1 Å². The smallest absolute Gasteiger partial charge is 0.262 e. The maximum atomic E-state index is 12.1. The first-order valence-corrected chi connectivity index (χ1v) is 7.41. The number of anilines is 1. The molecule has 0 spiro atoms. The molecule has 0 radical (unpaired) electrons. The molecule has 0 saturated carbocycles. The topological polar surface area (TPSA) is 96.9 Å². The summed E-state index contributed by atoms with van der Waals surface area (Å²) < 4.78 is 15.6. The molecule has 132 valence electrons. The summed E-state index contributed by atoms with van der Waals surface area (Å²) >= 11 is 0. The van der Waals surface area contributed by atoms with Crippen molar-refractivity contribution < 1.29 is 28.9 Å². The fourth-order valence-electron chi connectivity index (χ4n) is 2.19. The van der Waals surface area contributed by atoms with Crippen LogP contribution in [-0.2, 0) is 4.79 Å². The number of amides is 1. The van der Waals surface area contributed by atoms with Crippen molar-refractivity contribution in [3.8, 4) is 17.2 Å². The molecule has 0 heterocycles. The van der Waals surface area contributed by atoms with Crippen LogP contribution in [0.2, 0.25) is 0 Å². The van der Waals surface area contributed by atoms with Crippen molar-refractivity contribution in [3.63, 3.8) is 0 Å². The lowest BCUT2D eigenvalue weighted by Gasteiger charge is -2.16. The number of ether oxygens (including phenoxy) is 3. The first kappa shape index (κ1) is 18.1. The van der Waals surface area contributed by atoms with Crippen LogP contribution in [0.15, 0.2) is 36.4 Å². The minimum absolute atomic E-state index is 0.0375. The van der Waals surface area contributed by atoms with Gasteiger partial charge in [-0.15, -0.1) is 0 Å². The summed E-state index contributed by atoms with van der Waals surface area (Å²) in [7, 11) is 2.79. The van der Waals surface area contributed by atoms with E-state index in [1.165, 1.54) is 26.4 Å². The summed E-state index contributed by atoms with van der Waals surface area (Å²) in [5, 5.41) is 13.8. The molecule has 2 rings (SSSR count). The molecule has 0 fully saturated rings. The minimum Gasteiger partial charge on any atom is -0.545 e. The average Bonchev–Trinajstić information content (AvgIpc) is 2.59. The van der Waals surface area contributed by atoms with E-state index in [1.54, 1.807) is 12.1 Å². The van der Waals surface area contributed by atoms with Gasteiger partial charge >= 0.3 is 0 Å². The van der Waals surface area contributed by atoms with Crippen molar-refractivity contribution in [1.29, 1.82) is 0 Å². The van der Waals surface area contributed by atoms with E-state index in [9.17, 15) is 14.7 Å². The third-order valence-corrected chi connectivity index (χ3v) is 3.38. The molecule has 0 aliphatic carbocycles. The molecule has 7 heteroatoms. The van der Waals surface area contributed by atoms with E-state index in [4.69, 9.17) is 14.2 Å². The number of nitrogens with one attached hydrogen (secondary N) is 1. The Bertz CT molecular complexity index is 787. The number of aromatic carboxylic acids is 1. The van der Waals surface area contributed by atoms with Gasteiger partial charge in [0.25, 0.3) is 5.91 Å². The number of methoxy groups -OCH3 is 2. The number of benzene rings is 2. The molecule has 0 bridgehead atoms.